The zero-order valence-electron chi connectivity index (χ0n) is 6.09. The molecule has 1 nitrogen and oxygen atoms in total. The Kier molecular flexibility index (Phi) is 1.86. The molecule has 0 aliphatic rings. The van der Waals surface area contributed by atoms with Crippen LogP contribution in [0.3, 0.4) is 0 Å². The van der Waals surface area contributed by atoms with Crippen LogP contribution in [0.5, 0.6) is 0 Å². The van der Waals surface area contributed by atoms with Crippen LogP contribution in [0.15, 0.2) is 12.3 Å². The van der Waals surface area contributed by atoms with Gasteiger partial charge in [0.1, 0.15) is 11.5 Å². The van der Waals surface area contributed by atoms with Crippen molar-refractivity contribution < 1.29 is 3.96 Å². The van der Waals surface area contributed by atoms with Gasteiger partial charge in [0.25, 0.3) is 0 Å². The molecule has 0 saturated carbocycles. The van der Waals surface area contributed by atoms with Gasteiger partial charge in [-0.3, -0.25) is 0 Å². The Bertz CT molecular complexity index is 191. The first kappa shape index (κ1) is 6.75. The summed E-state index contributed by atoms with van der Waals surface area (Å²) in [5, 5.41) is 0. The van der Waals surface area contributed by atoms with Gasteiger partial charge in [-0.2, -0.15) is 0 Å². The fraction of sp³-hybridized carbons (Fsp3) is 0.571. The molecule has 1 heterocycles. The summed E-state index contributed by atoms with van der Waals surface area (Å²) in [5.41, 5.74) is 0. The maximum Gasteiger partial charge on any atom is 0.184 e. The lowest BCUT2D eigenvalue weighted by Crippen LogP contribution is -2.18. The maximum absolute atomic E-state index is 2.21. The normalized spacial score (nSPS) is 10.7. The Morgan fingerprint density at radius 3 is 2.44 bits per heavy atom. The number of hydrogen-bond donors (Lipinski definition) is 0. The standard InChI is InChI=1S/C7H12NS/c1-6(2)7-4-5-8(3)9-7/h4-6H,1-3H3/q+1. The number of aromatic nitrogens is 1. The van der Waals surface area contributed by atoms with Crippen molar-refractivity contribution in [3.63, 3.8) is 0 Å². The lowest BCUT2D eigenvalue weighted by molar-refractivity contribution is -0.600. The minimum atomic E-state index is 0.677. The van der Waals surface area contributed by atoms with E-state index in [1.54, 1.807) is 0 Å². The van der Waals surface area contributed by atoms with Gasteiger partial charge in [0, 0.05) is 6.07 Å². The highest BCUT2D eigenvalue weighted by Crippen LogP contribution is 2.15. The molecule has 9 heavy (non-hydrogen) atoms. The number of aryl methyl sites for hydroxylation is 1. The van der Waals surface area contributed by atoms with E-state index in [1.165, 1.54) is 4.88 Å². The van der Waals surface area contributed by atoms with Gasteiger partial charge in [-0.25, -0.2) is 0 Å². The largest absolute Gasteiger partial charge is 0.184 e. The zero-order chi connectivity index (χ0) is 6.85. The first-order chi connectivity index (χ1) is 4.20. The van der Waals surface area contributed by atoms with Crippen LogP contribution in [0, 0.1) is 0 Å². The third-order valence-electron chi connectivity index (χ3n) is 1.27. The van der Waals surface area contributed by atoms with Gasteiger partial charge < -0.3 is 0 Å². The van der Waals surface area contributed by atoms with Crippen LogP contribution < -0.4 is 3.96 Å². The van der Waals surface area contributed by atoms with Crippen LogP contribution in [-0.2, 0) is 7.05 Å². The van der Waals surface area contributed by atoms with Gasteiger partial charge in [0.05, 0.1) is 4.88 Å². The van der Waals surface area contributed by atoms with Gasteiger partial charge in [-0.1, -0.05) is 13.8 Å². The Balaban J connectivity index is 2.85. The number of rotatable bonds is 1. The maximum atomic E-state index is 2.21. The van der Waals surface area contributed by atoms with Crippen LogP contribution in [0.25, 0.3) is 0 Å². The summed E-state index contributed by atoms with van der Waals surface area (Å²) < 4.78 is 2.12. The van der Waals surface area contributed by atoms with E-state index < -0.39 is 0 Å². The summed E-state index contributed by atoms with van der Waals surface area (Å²) in [7, 11) is 2.07. The van der Waals surface area contributed by atoms with Crippen LogP contribution in [-0.4, -0.2) is 0 Å². The van der Waals surface area contributed by atoms with Crippen molar-refractivity contribution in [3.8, 4) is 0 Å². The van der Waals surface area contributed by atoms with Gasteiger partial charge >= 0.3 is 0 Å². The van der Waals surface area contributed by atoms with Crippen molar-refractivity contribution >= 4 is 11.5 Å². The lowest BCUT2D eigenvalue weighted by atomic mass is 10.2. The fourth-order valence-electron chi connectivity index (χ4n) is 0.703. The number of hydrogen-bond acceptors (Lipinski definition) is 1. The molecule has 1 rings (SSSR count). The first-order valence-electron chi connectivity index (χ1n) is 3.16. The van der Waals surface area contributed by atoms with Gasteiger partial charge in [0.15, 0.2) is 13.2 Å². The Labute approximate surface area is 60.1 Å². The third kappa shape index (κ3) is 1.52. The highest BCUT2D eigenvalue weighted by atomic mass is 32.1. The van der Waals surface area contributed by atoms with Crippen molar-refractivity contribution in [1.82, 2.24) is 0 Å². The summed E-state index contributed by atoms with van der Waals surface area (Å²) in [5.74, 6) is 0.677. The highest BCUT2D eigenvalue weighted by molar-refractivity contribution is 7.01. The SMILES string of the molecule is CC(C)c1cc[n+](C)s1. The molecule has 0 unspecified atom stereocenters. The Morgan fingerprint density at radius 1 is 1.56 bits per heavy atom. The molecule has 1 aromatic rings. The van der Waals surface area contributed by atoms with E-state index in [0.29, 0.717) is 5.92 Å². The average molecular weight is 142 g/mol. The molecule has 1 aromatic heterocycles. The smallest absolute Gasteiger partial charge is 0.144 e. The lowest BCUT2D eigenvalue weighted by Gasteiger charge is -1.91. The van der Waals surface area contributed by atoms with E-state index in [4.69, 9.17) is 0 Å². The van der Waals surface area contributed by atoms with Gasteiger partial charge in [0.2, 0.25) is 0 Å². The Hall–Kier alpha value is -0.370. The van der Waals surface area contributed by atoms with E-state index in [0.717, 1.165) is 0 Å². The van der Waals surface area contributed by atoms with E-state index in [-0.39, 0.29) is 0 Å². The van der Waals surface area contributed by atoms with Crippen molar-refractivity contribution in [2.45, 2.75) is 19.8 Å². The predicted octanol–water partition coefficient (Wildman–Crippen LogP) is 1.70. The van der Waals surface area contributed by atoms with Crippen LogP contribution in [0.2, 0.25) is 0 Å². The zero-order valence-corrected chi connectivity index (χ0v) is 6.90. The summed E-state index contributed by atoms with van der Waals surface area (Å²) in [4.78, 5) is 1.46. The molecule has 0 saturated heterocycles. The molecule has 0 spiro atoms. The van der Waals surface area contributed by atoms with Crippen LogP contribution >= 0.6 is 11.5 Å². The van der Waals surface area contributed by atoms with E-state index in [2.05, 4.69) is 37.1 Å². The van der Waals surface area contributed by atoms with Gasteiger partial charge in [-0.15, -0.1) is 3.96 Å². The molecular weight excluding hydrogens is 130 g/mol. The molecule has 0 N–H and O–H groups in total. The molecule has 0 radical (unpaired) electrons. The second kappa shape index (κ2) is 2.48. The molecule has 0 bridgehead atoms. The van der Waals surface area contributed by atoms with Crippen molar-refractivity contribution in [1.29, 1.82) is 0 Å². The Morgan fingerprint density at radius 2 is 2.22 bits per heavy atom. The predicted molar refractivity (Wildman–Crippen MR) is 39.6 cm³/mol. The van der Waals surface area contributed by atoms with E-state index in [9.17, 15) is 0 Å². The molecule has 0 amide bonds. The first-order valence-corrected chi connectivity index (χ1v) is 3.93. The molecule has 2 heteroatoms. The second-order valence-corrected chi connectivity index (χ2v) is 3.74. The average Bonchev–Trinajstić information content (AvgIpc) is 2.14. The topological polar surface area (TPSA) is 3.88 Å². The van der Waals surface area contributed by atoms with Crippen LogP contribution in [0.4, 0.5) is 0 Å². The summed E-state index contributed by atoms with van der Waals surface area (Å²) in [6.07, 6.45) is 2.10. The number of nitrogens with zero attached hydrogens (tertiary/aromatic N) is 1. The van der Waals surface area contributed by atoms with Gasteiger partial charge in [-0.05, 0) is 5.92 Å². The van der Waals surface area contributed by atoms with Crippen molar-refractivity contribution in [2.75, 3.05) is 0 Å². The minimum Gasteiger partial charge on any atom is -0.144 e. The third-order valence-corrected chi connectivity index (χ3v) is 2.50. The molecule has 0 aliphatic carbocycles. The fourth-order valence-corrected chi connectivity index (χ4v) is 1.49. The summed E-state index contributed by atoms with van der Waals surface area (Å²) >= 11 is 1.81. The summed E-state index contributed by atoms with van der Waals surface area (Å²) in [6.45, 7) is 4.43. The quantitative estimate of drug-likeness (QED) is 0.525. The minimum absolute atomic E-state index is 0.677. The van der Waals surface area contributed by atoms with Crippen molar-refractivity contribution in [2.24, 2.45) is 7.05 Å². The summed E-state index contributed by atoms with van der Waals surface area (Å²) in [6, 6.07) is 2.18. The monoisotopic (exact) mass is 142 g/mol. The molecule has 0 atom stereocenters. The highest BCUT2D eigenvalue weighted by Gasteiger charge is 2.05. The molecule has 50 valence electrons. The molecule has 0 aromatic carbocycles. The second-order valence-electron chi connectivity index (χ2n) is 2.51. The molecule has 0 aliphatic heterocycles. The van der Waals surface area contributed by atoms with E-state index >= 15 is 0 Å². The molecular formula is C7H12NS+. The van der Waals surface area contributed by atoms with E-state index in [1.807, 2.05) is 11.5 Å². The molecule has 0 fully saturated rings. The van der Waals surface area contributed by atoms with Crippen molar-refractivity contribution in [3.05, 3.63) is 17.1 Å². The van der Waals surface area contributed by atoms with Crippen LogP contribution in [0.1, 0.15) is 24.6 Å².